The Kier molecular flexibility index (Phi) is 2.74. The zero-order chi connectivity index (χ0) is 13.0. The lowest BCUT2D eigenvalue weighted by molar-refractivity contribution is -0.0695. The van der Waals surface area contributed by atoms with Gasteiger partial charge in [-0.1, -0.05) is 6.92 Å². The second-order valence-electron chi connectivity index (χ2n) is 7.77. The first-order chi connectivity index (χ1) is 8.45. The molecule has 3 N–H and O–H groups in total. The van der Waals surface area contributed by atoms with E-state index >= 15 is 0 Å². The molecule has 4 saturated carbocycles. The van der Waals surface area contributed by atoms with Gasteiger partial charge in [0, 0.05) is 11.5 Å². The Morgan fingerprint density at radius 3 is 2.28 bits per heavy atom. The van der Waals surface area contributed by atoms with Gasteiger partial charge < -0.3 is 5.43 Å². The normalized spacial score (nSPS) is 46.8. The molecule has 2 atom stereocenters. The average molecular weight is 249 g/mol. The van der Waals surface area contributed by atoms with E-state index in [4.69, 9.17) is 10.8 Å². The Morgan fingerprint density at radius 1 is 1.22 bits per heavy atom. The molecule has 0 aliphatic heterocycles. The van der Waals surface area contributed by atoms with Crippen LogP contribution in [0.5, 0.6) is 0 Å². The molecule has 0 radical (unpaired) electrons. The molecule has 4 fully saturated rings. The Bertz CT molecular complexity index is 358. The molecule has 0 aromatic rings. The van der Waals surface area contributed by atoms with Gasteiger partial charge in [0.05, 0.1) is 0 Å². The van der Waals surface area contributed by atoms with E-state index in [-0.39, 0.29) is 5.41 Å². The zero-order valence-electron chi connectivity index (χ0n) is 12.0. The van der Waals surface area contributed by atoms with Crippen molar-refractivity contribution >= 4 is 5.84 Å². The molecule has 4 bridgehead atoms. The van der Waals surface area contributed by atoms with Crippen LogP contribution in [0.4, 0.5) is 0 Å². The second kappa shape index (κ2) is 3.96. The molecule has 0 aromatic heterocycles. The van der Waals surface area contributed by atoms with Gasteiger partial charge in [-0.25, -0.2) is 5.84 Å². The molecule has 4 rings (SSSR count). The van der Waals surface area contributed by atoms with Crippen molar-refractivity contribution in [3.63, 3.8) is 0 Å². The molecule has 0 aromatic carbocycles. The number of nitrogens with one attached hydrogen (secondary N) is 1. The third-order valence-electron chi connectivity index (χ3n) is 5.38. The van der Waals surface area contributed by atoms with Gasteiger partial charge in [0.1, 0.15) is 5.84 Å². The fourth-order valence-corrected chi connectivity index (χ4v) is 5.58. The average Bonchev–Trinajstić information content (AvgIpc) is 2.21. The molecule has 102 valence electrons. The van der Waals surface area contributed by atoms with E-state index in [0.29, 0.717) is 11.5 Å². The van der Waals surface area contributed by atoms with Gasteiger partial charge in [-0.05, 0) is 69.6 Å². The van der Waals surface area contributed by atoms with E-state index in [0.717, 1.165) is 17.7 Å². The maximum absolute atomic E-state index is 5.80. The van der Waals surface area contributed by atoms with Crippen LogP contribution < -0.4 is 11.3 Å². The Morgan fingerprint density at radius 2 is 1.83 bits per heavy atom. The van der Waals surface area contributed by atoms with Crippen LogP contribution in [0.3, 0.4) is 0 Å². The lowest BCUT2D eigenvalue weighted by Crippen LogP contribution is -2.58. The molecular weight excluding hydrogens is 222 g/mol. The minimum atomic E-state index is 0.276. The van der Waals surface area contributed by atoms with Gasteiger partial charge in [0.25, 0.3) is 0 Å². The molecule has 18 heavy (non-hydrogen) atoms. The van der Waals surface area contributed by atoms with Crippen LogP contribution in [0.25, 0.3) is 0 Å². The SMILES string of the molecule is CC(C)N=C(NN)C12CC3CC(CC(C)(C3)C1)C2. The van der Waals surface area contributed by atoms with Gasteiger partial charge in [0.2, 0.25) is 0 Å². The summed E-state index contributed by atoms with van der Waals surface area (Å²) in [4.78, 5) is 4.80. The predicted octanol–water partition coefficient (Wildman–Crippen LogP) is 2.86. The van der Waals surface area contributed by atoms with Crippen LogP contribution in [-0.4, -0.2) is 11.9 Å². The number of hydrogen-bond donors (Lipinski definition) is 2. The van der Waals surface area contributed by atoms with Crippen molar-refractivity contribution < 1.29 is 0 Å². The van der Waals surface area contributed by atoms with Crippen molar-refractivity contribution in [1.29, 1.82) is 0 Å². The van der Waals surface area contributed by atoms with E-state index in [1.165, 1.54) is 38.5 Å². The van der Waals surface area contributed by atoms with Crippen molar-refractivity contribution in [3.8, 4) is 0 Å². The second-order valence-corrected chi connectivity index (χ2v) is 7.77. The number of rotatable bonds is 2. The molecule has 0 heterocycles. The van der Waals surface area contributed by atoms with Crippen molar-refractivity contribution in [2.45, 2.75) is 65.3 Å². The van der Waals surface area contributed by atoms with Crippen LogP contribution in [0.1, 0.15) is 59.3 Å². The van der Waals surface area contributed by atoms with Crippen LogP contribution in [0, 0.1) is 22.7 Å². The summed E-state index contributed by atoms with van der Waals surface area (Å²) >= 11 is 0. The fraction of sp³-hybridized carbons (Fsp3) is 0.933. The third-order valence-corrected chi connectivity index (χ3v) is 5.38. The highest BCUT2D eigenvalue weighted by atomic mass is 15.3. The molecule has 2 unspecified atom stereocenters. The van der Waals surface area contributed by atoms with Crippen LogP contribution in [-0.2, 0) is 0 Å². The Labute approximate surface area is 111 Å². The minimum absolute atomic E-state index is 0.276. The number of nitrogens with zero attached hydrogens (tertiary/aromatic N) is 1. The van der Waals surface area contributed by atoms with Gasteiger partial charge in [-0.3, -0.25) is 4.99 Å². The lowest BCUT2D eigenvalue weighted by atomic mass is 9.44. The summed E-state index contributed by atoms with van der Waals surface area (Å²) < 4.78 is 0. The van der Waals surface area contributed by atoms with Crippen LogP contribution in [0.15, 0.2) is 4.99 Å². The summed E-state index contributed by atoms with van der Waals surface area (Å²) in [6.07, 6.45) is 8.25. The van der Waals surface area contributed by atoms with E-state index in [1.807, 2.05) is 0 Å². The van der Waals surface area contributed by atoms with Crippen molar-refractivity contribution in [2.24, 2.45) is 33.5 Å². The van der Waals surface area contributed by atoms with Crippen molar-refractivity contribution in [2.75, 3.05) is 0 Å². The standard InChI is InChI=1S/C15H27N3/c1-10(2)17-13(18-16)15-7-11-4-12(8-15)6-14(3,5-11)9-15/h10-12H,4-9,16H2,1-3H3,(H,17,18). The number of hydrazine groups is 1. The van der Waals surface area contributed by atoms with Crippen LogP contribution in [0.2, 0.25) is 0 Å². The van der Waals surface area contributed by atoms with Gasteiger partial charge >= 0.3 is 0 Å². The molecule has 0 amide bonds. The van der Waals surface area contributed by atoms with Gasteiger partial charge in [-0.2, -0.15) is 0 Å². The van der Waals surface area contributed by atoms with E-state index in [1.54, 1.807) is 0 Å². The fourth-order valence-electron chi connectivity index (χ4n) is 5.58. The third kappa shape index (κ3) is 1.87. The highest BCUT2D eigenvalue weighted by Crippen LogP contribution is 2.65. The molecular formula is C15H27N3. The summed E-state index contributed by atoms with van der Waals surface area (Å²) in [5, 5.41) is 0. The largest absolute Gasteiger partial charge is 0.312 e. The summed E-state index contributed by atoms with van der Waals surface area (Å²) in [6, 6.07) is 0.330. The highest BCUT2D eigenvalue weighted by molar-refractivity contribution is 5.88. The molecule has 3 nitrogen and oxygen atoms in total. The van der Waals surface area contributed by atoms with Crippen molar-refractivity contribution in [1.82, 2.24) is 5.43 Å². The summed E-state index contributed by atoms with van der Waals surface area (Å²) in [5.74, 6) is 8.74. The van der Waals surface area contributed by atoms with E-state index in [9.17, 15) is 0 Å². The summed E-state index contributed by atoms with van der Waals surface area (Å²) in [6.45, 7) is 6.77. The first-order valence-electron chi connectivity index (χ1n) is 7.50. The molecule has 4 aliphatic carbocycles. The maximum Gasteiger partial charge on any atom is 0.117 e. The quantitative estimate of drug-likeness (QED) is 0.342. The number of hydrogen-bond acceptors (Lipinski definition) is 2. The lowest BCUT2D eigenvalue weighted by Gasteiger charge is -2.61. The van der Waals surface area contributed by atoms with E-state index < -0.39 is 0 Å². The topological polar surface area (TPSA) is 50.4 Å². The van der Waals surface area contributed by atoms with Gasteiger partial charge in [0.15, 0.2) is 0 Å². The first kappa shape index (κ1) is 12.5. The zero-order valence-corrected chi connectivity index (χ0v) is 12.0. The smallest absolute Gasteiger partial charge is 0.117 e. The van der Waals surface area contributed by atoms with E-state index in [2.05, 4.69) is 26.2 Å². The summed E-state index contributed by atoms with van der Waals surface area (Å²) in [7, 11) is 0. The molecule has 0 saturated heterocycles. The minimum Gasteiger partial charge on any atom is -0.312 e. The van der Waals surface area contributed by atoms with Gasteiger partial charge in [-0.15, -0.1) is 0 Å². The summed E-state index contributed by atoms with van der Waals surface area (Å²) in [5.41, 5.74) is 3.79. The Hall–Kier alpha value is -0.570. The first-order valence-corrected chi connectivity index (χ1v) is 7.50. The maximum atomic E-state index is 5.80. The molecule has 3 heteroatoms. The number of aliphatic imine (C=N–C) groups is 1. The highest BCUT2D eigenvalue weighted by Gasteiger charge is 2.57. The molecule has 4 aliphatic rings. The monoisotopic (exact) mass is 249 g/mol. The number of amidine groups is 1. The predicted molar refractivity (Wildman–Crippen MR) is 75.1 cm³/mol. The molecule has 0 spiro atoms. The Balaban J connectivity index is 1.95. The van der Waals surface area contributed by atoms with Crippen molar-refractivity contribution in [3.05, 3.63) is 0 Å². The van der Waals surface area contributed by atoms with Crippen LogP contribution >= 0.6 is 0 Å². The number of nitrogens with two attached hydrogens (primary N) is 1.